The molecule has 1 N–H and O–H groups in total. The van der Waals surface area contributed by atoms with E-state index in [2.05, 4.69) is 4.74 Å². The van der Waals surface area contributed by atoms with Gasteiger partial charge in [-0.1, -0.05) is 0 Å². The number of aromatic carboxylic acids is 1. The summed E-state index contributed by atoms with van der Waals surface area (Å²) in [6.07, 6.45) is 0. The lowest BCUT2D eigenvalue weighted by Crippen LogP contribution is -1.98. The third-order valence-electron chi connectivity index (χ3n) is 1.52. The van der Waals surface area contributed by atoms with Crippen molar-refractivity contribution in [1.82, 2.24) is 0 Å². The molecule has 1 aromatic carbocycles. The minimum absolute atomic E-state index is 0.0694. The average Bonchev–Trinajstić information content (AvgIpc) is 2.15. The van der Waals surface area contributed by atoms with Crippen molar-refractivity contribution in [3.8, 4) is 11.5 Å². The van der Waals surface area contributed by atoms with E-state index >= 15 is 0 Å². The fourth-order valence-corrected chi connectivity index (χ4v) is 0.889. The van der Waals surface area contributed by atoms with Crippen molar-refractivity contribution in [2.75, 3.05) is 14.1 Å². The molecule has 0 aliphatic carbocycles. The van der Waals surface area contributed by atoms with E-state index in [0.29, 0.717) is 0 Å². The van der Waals surface area contributed by atoms with E-state index < -0.39 is 13.0 Å². The molecule has 1 aromatic rings. The first-order valence-corrected chi connectivity index (χ1v) is 3.44. The van der Waals surface area contributed by atoms with Crippen LogP contribution in [-0.4, -0.2) is 25.2 Å². The summed E-state index contributed by atoms with van der Waals surface area (Å²) in [4.78, 5) is 10.7. The van der Waals surface area contributed by atoms with Gasteiger partial charge in [-0.05, 0) is 18.2 Å². The van der Waals surface area contributed by atoms with Crippen LogP contribution in [0.5, 0.6) is 11.5 Å². The Bertz CT molecular complexity index is 400. The zero-order chi connectivity index (χ0) is 12.3. The molecule has 0 amide bonds. The first-order chi connectivity index (χ1) is 7.33. The fraction of sp³-hybridized carbons (Fsp3) is 0.222. The molecular formula is C9H10O4. The molecule has 4 heteroatoms. The molecule has 0 unspecified atom stereocenters. The molecule has 1 rings (SSSR count). The van der Waals surface area contributed by atoms with Gasteiger partial charge in [-0.15, -0.1) is 0 Å². The van der Waals surface area contributed by atoms with Crippen LogP contribution in [0.4, 0.5) is 0 Å². The van der Waals surface area contributed by atoms with E-state index in [1.165, 1.54) is 19.2 Å². The van der Waals surface area contributed by atoms with Crippen LogP contribution in [0.25, 0.3) is 0 Å². The highest BCUT2D eigenvalue weighted by Gasteiger charge is 2.08. The summed E-state index contributed by atoms with van der Waals surface area (Å²) in [5, 5.41) is 8.73. The van der Waals surface area contributed by atoms with Gasteiger partial charge in [0.05, 0.1) is 23.8 Å². The van der Waals surface area contributed by atoms with Crippen molar-refractivity contribution in [1.29, 1.82) is 0 Å². The first kappa shape index (κ1) is 5.85. The summed E-state index contributed by atoms with van der Waals surface area (Å²) in [5.74, 6) is -1.12. The summed E-state index contributed by atoms with van der Waals surface area (Å²) in [6, 6.07) is 3.74. The van der Waals surface area contributed by atoms with Gasteiger partial charge in [-0.2, -0.15) is 0 Å². The van der Waals surface area contributed by atoms with E-state index in [1.54, 1.807) is 0 Å². The summed E-state index contributed by atoms with van der Waals surface area (Å²) in [5.41, 5.74) is -0.0694. The van der Waals surface area contributed by atoms with Crippen LogP contribution in [0, 0.1) is 0 Å². The molecule has 70 valence electrons. The number of ether oxygens (including phenoxy) is 2. The lowest BCUT2D eigenvalue weighted by molar-refractivity contribution is 0.0696. The Morgan fingerprint density at radius 2 is 2.23 bits per heavy atom. The summed E-state index contributed by atoms with van der Waals surface area (Å²) < 4.78 is 30.3. The van der Waals surface area contributed by atoms with Crippen LogP contribution in [0.1, 0.15) is 14.5 Å². The lowest BCUT2D eigenvalue weighted by atomic mass is 10.2. The molecule has 13 heavy (non-hydrogen) atoms. The Labute approximate surface area is 79.9 Å². The van der Waals surface area contributed by atoms with Gasteiger partial charge < -0.3 is 14.6 Å². The predicted molar refractivity (Wildman–Crippen MR) is 46.5 cm³/mol. The summed E-state index contributed by atoms with van der Waals surface area (Å²) >= 11 is 0. The molecule has 0 aromatic heterocycles. The molecule has 0 aliphatic rings. The summed E-state index contributed by atoms with van der Waals surface area (Å²) in [6.45, 7) is 0. The van der Waals surface area contributed by atoms with E-state index in [9.17, 15) is 4.79 Å². The quantitative estimate of drug-likeness (QED) is 0.773. The number of benzene rings is 1. The Morgan fingerprint density at radius 3 is 2.77 bits per heavy atom. The molecule has 0 aliphatic heterocycles. The minimum atomic E-state index is -2.65. The highest BCUT2D eigenvalue weighted by Crippen LogP contribution is 2.27. The zero-order valence-electron chi connectivity index (χ0n) is 9.90. The lowest BCUT2D eigenvalue weighted by Gasteiger charge is -2.07. The van der Waals surface area contributed by atoms with E-state index in [-0.39, 0.29) is 17.1 Å². The van der Waals surface area contributed by atoms with E-state index in [0.717, 1.165) is 6.07 Å². The van der Waals surface area contributed by atoms with Crippen molar-refractivity contribution in [3.63, 3.8) is 0 Å². The number of hydrogen-bond acceptors (Lipinski definition) is 3. The van der Waals surface area contributed by atoms with Crippen LogP contribution >= 0.6 is 0 Å². The van der Waals surface area contributed by atoms with Crippen LogP contribution < -0.4 is 9.47 Å². The van der Waals surface area contributed by atoms with Crippen molar-refractivity contribution < 1.29 is 23.5 Å². The number of carboxylic acid groups (broad SMARTS) is 1. The molecule has 0 fully saturated rings. The molecule has 0 saturated heterocycles. The number of hydrogen-bond donors (Lipinski definition) is 1. The number of carboxylic acids is 1. The van der Waals surface area contributed by atoms with Crippen molar-refractivity contribution in [3.05, 3.63) is 23.8 Å². The Kier molecular flexibility index (Phi) is 1.71. The highest BCUT2D eigenvalue weighted by atomic mass is 16.5. The van der Waals surface area contributed by atoms with Crippen LogP contribution in [-0.2, 0) is 0 Å². The predicted octanol–water partition coefficient (Wildman–Crippen LogP) is 1.40. The SMILES string of the molecule is [2H]C([2H])([2H])Oc1cc(C(=O)O)ccc1OC. The van der Waals surface area contributed by atoms with E-state index in [4.69, 9.17) is 14.0 Å². The van der Waals surface area contributed by atoms with Crippen LogP contribution in [0.2, 0.25) is 0 Å². The monoisotopic (exact) mass is 185 g/mol. The van der Waals surface area contributed by atoms with Gasteiger partial charge in [0.25, 0.3) is 0 Å². The second kappa shape index (κ2) is 3.80. The zero-order valence-corrected chi connectivity index (χ0v) is 6.90. The van der Waals surface area contributed by atoms with Gasteiger partial charge >= 0.3 is 5.97 Å². The molecular weight excluding hydrogens is 172 g/mol. The Morgan fingerprint density at radius 1 is 1.46 bits per heavy atom. The van der Waals surface area contributed by atoms with E-state index in [1.807, 2.05) is 0 Å². The molecule has 0 heterocycles. The Balaban J connectivity index is 3.12. The maximum absolute atomic E-state index is 10.7. The molecule has 0 saturated carbocycles. The first-order valence-electron chi connectivity index (χ1n) is 4.94. The molecule has 4 nitrogen and oxygen atoms in total. The molecule has 0 atom stereocenters. The maximum Gasteiger partial charge on any atom is 0.335 e. The molecule has 0 bridgehead atoms. The van der Waals surface area contributed by atoms with Crippen LogP contribution in [0.15, 0.2) is 18.2 Å². The minimum Gasteiger partial charge on any atom is -0.493 e. The normalized spacial score (nSPS) is 13.8. The fourth-order valence-electron chi connectivity index (χ4n) is 0.889. The van der Waals surface area contributed by atoms with Gasteiger partial charge in [-0.25, -0.2) is 4.79 Å². The second-order valence-electron chi connectivity index (χ2n) is 2.27. The smallest absolute Gasteiger partial charge is 0.335 e. The van der Waals surface area contributed by atoms with Crippen molar-refractivity contribution >= 4 is 5.97 Å². The van der Waals surface area contributed by atoms with Crippen molar-refractivity contribution in [2.45, 2.75) is 0 Å². The number of methoxy groups -OCH3 is 2. The number of carbonyl (C=O) groups is 1. The standard InChI is InChI=1S/C9H10O4/c1-12-7-4-3-6(9(10)11)5-8(7)13-2/h3-5H,1-2H3,(H,10,11)/i2D3. The molecule has 0 radical (unpaired) electrons. The largest absolute Gasteiger partial charge is 0.493 e. The van der Waals surface area contributed by atoms with Gasteiger partial charge in [0, 0.05) is 0 Å². The van der Waals surface area contributed by atoms with Gasteiger partial charge in [0.1, 0.15) is 0 Å². The molecule has 0 spiro atoms. The van der Waals surface area contributed by atoms with Gasteiger partial charge in [0.2, 0.25) is 0 Å². The van der Waals surface area contributed by atoms with Gasteiger partial charge in [-0.3, -0.25) is 0 Å². The van der Waals surface area contributed by atoms with Crippen LogP contribution in [0.3, 0.4) is 0 Å². The average molecular weight is 185 g/mol. The third-order valence-corrected chi connectivity index (χ3v) is 1.52. The number of rotatable bonds is 3. The topological polar surface area (TPSA) is 55.8 Å². The Hall–Kier alpha value is -1.71. The van der Waals surface area contributed by atoms with Crippen molar-refractivity contribution in [2.24, 2.45) is 0 Å². The van der Waals surface area contributed by atoms with Gasteiger partial charge in [0.15, 0.2) is 11.5 Å². The third kappa shape index (κ3) is 1.90. The second-order valence-corrected chi connectivity index (χ2v) is 2.27. The maximum atomic E-state index is 10.7. The summed E-state index contributed by atoms with van der Waals surface area (Å²) in [7, 11) is -1.31. The highest BCUT2D eigenvalue weighted by molar-refractivity contribution is 5.88.